The normalized spacial score (nSPS) is 10.8. The van der Waals surface area contributed by atoms with Gasteiger partial charge in [0.05, 0.1) is 4.88 Å². The highest BCUT2D eigenvalue weighted by atomic mass is 79.9. The molecule has 0 saturated carbocycles. The Kier molecular flexibility index (Phi) is 3.56. The zero-order valence-corrected chi connectivity index (χ0v) is 10.8. The number of H-pyrrole nitrogens is 1. The fourth-order valence-corrected chi connectivity index (χ4v) is 2.65. The summed E-state index contributed by atoms with van der Waals surface area (Å²) in [5, 5.41) is 5.31. The first-order valence-corrected chi connectivity index (χ1v) is 6.46. The van der Waals surface area contributed by atoms with Crippen LogP contribution in [0.5, 0.6) is 0 Å². The Hall–Kier alpha value is -0.650. The molecule has 2 N–H and O–H groups in total. The second-order valence-corrected chi connectivity index (χ2v) is 4.99. The quantitative estimate of drug-likeness (QED) is 0.907. The van der Waals surface area contributed by atoms with Crippen molar-refractivity contribution in [1.29, 1.82) is 0 Å². The predicted molar refractivity (Wildman–Crippen MR) is 67.0 cm³/mol. The first-order valence-electron chi connectivity index (χ1n) is 4.78. The molecule has 5 heteroatoms. The number of nitrogens with one attached hydrogen (secondary N) is 2. The second kappa shape index (κ2) is 4.92. The van der Waals surface area contributed by atoms with Crippen molar-refractivity contribution in [1.82, 2.24) is 15.3 Å². The minimum Gasteiger partial charge on any atom is -0.340 e. The molecule has 2 aromatic heterocycles. The van der Waals surface area contributed by atoms with Crippen LogP contribution >= 0.6 is 27.3 Å². The zero-order chi connectivity index (χ0) is 10.7. The van der Waals surface area contributed by atoms with Crippen LogP contribution in [-0.4, -0.2) is 16.5 Å². The van der Waals surface area contributed by atoms with Gasteiger partial charge in [-0.05, 0) is 28.5 Å². The highest BCUT2D eigenvalue weighted by Gasteiger charge is 2.05. The molecule has 0 aromatic carbocycles. The highest BCUT2D eigenvalue weighted by Crippen LogP contribution is 2.27. The summed E-state index contributed by atoms with van der Waals surface area (Å²) in [6.07, 6.45) is 1.88. The number of hydrogen-bond acceptors (Lipinski definition) is 3. The van der Waals surface area contributed by atoms with Gasteiger partial charge in [-0.1, -0.05) is 6.92 Å². The van der Waals surface area contributed by atoms with Gasteiger partial charge in [-0.2, -0.15) is 0 Å². The molecule has 2 heterocycles. The maximum Gasteiger partial charge on any atom is 0.147 e. The van der Waals surface area contributed by atoms with E-state index < -0.39 is 0 Å². The van der Waals surface area contributed by atoms with Gasteiger partial charge in [0.2, 0.25) is 0 Å². The molecule has 15 heavy (non-hydrogen) atoms. The third-order valence-corrected chi connectivity index (χ3v) is 3.69. The molecular weight excluding hydrogens is 274 g/mol. The van der Waals surface area contributed by atoms with Crippen LogP contribution in [0.15, 0.2) is 22.1 Å². The molecule has 0 atom stereocenters. The topological polar surface area (TPSA) is 40.7 Å². The van der Waals surface area contributed by atoms with Crippen LogP contribution in [0.25, 0.3) is 10.7 Å². The van der Waals surface area contributed by atoms with Crippen LogP contribution < -0.4 is 5.32 Å². The van der Waals surface area contributed by atoms with Gasteiger partial charge in [-0.25, -0.2) is 4.98 Å². The molecule has 0 aliphatic heterocycles. The number of hydrogen-bond donors (Lipinski definition) is 2. The van der Waals surface area contributed by atoms with Crippen molar-refractivity contribution < 1.29 is 0 Å². The summed E-state index contributed by atoms with van der Waals surface area (Å²) < 4.78 is 1.10. The number of nitrogens with zero attached hydrogens (tertiary/aromatic N) is 1. The molecular formula is C10H12BrN3S. The molecule has 2 aromatic rings. The Morgan fingerprint density at radius 3 is 3.13 bits per heavy atom. The SMILES string of the molecule is CCNCc1cnc(-c2cc(Br)cs2)[nH]1. The number of thiophene rings is 1. The first-order chi connectivity index (χ1) is 7.29. The van der Waals surface area contributed by atoms with Crippen LogP contribution in [0.3, 0.4) is 0 Å². The molecule has 0 aliphatic carbocycles. The molecule has 0 bridgehead atoms. The third-order valence-electron chi connectivity index (χ3n) is 1.99. The minimum atomic E-state index is 0.843. The van der Waals surface area contributed by atoms with E-state index in [2.05, 4.69) is 49.6 Å². The average molecular weight is 286 g/mol. The van der Waals surface area contributed by atoms with Gasteiger partial charge in [0.15, 0.2) is 0 Å². The van der Waals surface area contributed by atoms with Gasteiger partial charge in [-0.15, -0.1) is 11.3 Å². The van der Waals surface area contributed by atoms with Crippen molar-refractivity contribution in [2.75, 3.05) is 6.54 Å². The summed E-state index contributed by atoms with van der Waals surface area (Å²) in [5.74, 6) is 0.943. The van der Waals surface area contributed by atoms with Crippen molar-refractivity contribution in [3.63, 3.8) is 0 Å². The second-order valence-electron chi connectivity index (χ2n) is 3.17. The van der Waals surface area contributed by atoms with Crippen LogP contribution in [0.4, 0.5) is 0 Å². The Labute approximate surface area is 101 Å². The minimum absolute atomic E-state index is 0.843. The van der Waals surface area contributed by atoms with Crippen molar-refractivity contribution in [2.24, 2.45) is 0 Å². The molecule has 0 radical (unpaired) electrons. The number of halogens is 1. The lowest BCUT2D eigenvalue weighted by Crippen LogP contribution is -2.11. The van der Waals surface area contributed by atoms with E-state index in [9.17, 15) is 0 Å². The number of rotatable bonds is 4. The Morgan fingerprint density at radius 2 is 2.47 bits per heavy atom. The standard InChI is InChI=1S/C10H12BrN3S/c1-2-12-4-8-5-13-10(14-8)9-3-7(11)6-15-9/h3,5-6,12H,2,4H2,1H3,(H,13,14). The van der Waals surface area contributed by atoms with Crippen LogP contribution in [0, 0.1) is 0 Å². The summed E-state index contributed by atoms with van der Waals surface area (Å²) >= 11 is 5.11. The van der Waals surface area contributed by atoms with E-state index in [1.54, 1.807) is 11.3 Å². The summed E-state index contributed by atoms with van der Waals surface area (Å²) in [4.78, 5) is 8.80. The molecule has 0 unspecified atom stereocenters. The van der Waals surface area contributed by atoms with Gasteiger partial charge < -0.3 is 10.3 Å². The van der Waals surface area contributed by atoms with Gasteiger partial charge >= 0.3 is 0 Å². The molecule has 3 nitrogen and oxygen atoms in total. The van der Waals surface area contributed by atoms with Crippen molar-refractivity contribution >= 4 is 27.3 Å². The molecule has 0 amide bonds. The maximum atomic E-state index is 4.35. The van der Waals surface area contributed by atoms with E-state index in [4.69, 9.17) is 0 Å². The lowest BCUT2D eigenvalue weighted by Gasteiger charge is -1.96. The smallest absolute Gasteiger partial charge is 0.147 e. The predicted octanol–water partition coefficient (Wildman–Crippen LogP) is 3.01. The summed E-state index contributed by atoms with van der Waals surface area (Å²) in [5.41, 5.74) is 1.12. The Morgan fingerprint density at radius 1 is 1.60 bits per heavy atom. The van der Waals surface area contributed by atoms with Gasteiger partial charge in [0.25, 0.3) is 0 Å². The zero-order valence-electron chi connectivity index (χ0n) is 8.38. The van der Waals surface area contributed by atoms with E-state index in [0.29, 0.717) is 0 Å². The molecule has 0 spiro atoms. The van der Waals surface area contributed by atoms with E-state index in [0.717, 1.165) is 34.0 Å². The molecule has 0 saturated heterocycles. The maximum absolute atomic E-state index is 4.35. The Bertz CT molecular complexity index is 435. The van der Waals surface area contributed by atoms with E-state index >= 15 is 0 Å². The van der Waals surface area contributed by atoms with Crippen molar-refractivity contribution in [3.8, 4) is 10.7 Å². The van der Waals surface area contributed by atoms with Crippen molar-refractivity contribution in [3.05, 3.63) is 27.8 Å². The monoisotopic (exact) mass is 285 g/mol. The highest BCUT2D eigenvalue weighted by molar-refractivity contribution is 9.10. The fourth-order valence-electron chi connectivity index (χ4n) is 1.27. The van der Waals surface area contributed by atoms with Crippen LogP contribution in [-0.2, 0) is 6.54 Å². The van der Waals surface area contributed by atoms with Gasteiger partial charge in [0, 0.05) is 28.3 Å². The number of aromatic amines is 1. The summed E-state index contributed by atoms with van der Waals surface area (Å²) in [6.45, 7) is 3.91. The molecule has 0 fully saturated rings. The van der Waals surface area contributed by atoms with E-state index in [-0.39, 0.29) is 0 Å². The van der Waals surface area contributed by atoms with E-state index in [1.807, 2.05) is 6.20 Å². The number of aromatic nitrogens is 2. The lowest BCUT2D eigenvalue weighted by atomic mass is 10.4. The number of imidazole rings is 1. The van der Waals surface area contributed by atoms with Gasteiger partial charge in [-0.3, -0.25) is 0 Å². The largest absolute Gasteiger partial charge is 0.340 e. The first kappa shape index (κ1) is 10.9. The molecule has 80 valence electrons. The lowest BCUT2D eigenvalue weighted by molar-refractivity contribution is 0.714. The summed E-state index contributed by atoms with van der Waals surface area (Å²) in [6, 6.07) is 2.07. The molecule has 0 aliphatic rings. The Balaban J connectivity index is 2.13. The third kappa shape index (κ3) is 2.68. The van der Waals surface area contributed by atoms with Crippen LogP contribution in [0.1, 0.15) is 12.6 Å². The van der Waals surface area contributed by atoms with E-state index in [1.165, 1.54) is 0 Å². The van der Waals surface area contributed by atoms with Crippen LogP contribution in [0.2, 0.25) is 0 Å². The average Bonchev–Trinajstić information content (AvgIpc) is 2.83. The summed E-state index contributed by atoms with van der Waals surface area (Å²) in [7, 11) is 0. The van der Waals surface area contributed by atoms with Gasteiger partial charge in [0.1, 0.15) is 5.82 Å². The fraction of sp³-hybridized carbons (Fsp3) is 0.300. The molecule has 2 rings (SSSR count). The van der Waals surface area contributed by atoms with Crippen molar-refractivity contribution in [2.45, 2.75) is 13.5 Å².